The number of hydrogen-bond acceptors (Lipinski definition) is 7. The van der Waals surface area contributed by atoms with E-state index in [1.165, 1.54) is 22.3 Å². The molecule has 0 bridgehead atoms. The summed E-state index contributed by atoms with van der Waals surface area (Å²) in [6.45, 7) is 7.79. The zero-order valence-corrected chi connectivity index (χ0v) is 20.7. The van der Waals surface area contributed by atoms with E-state index in [2.05, 4.69) is 54.1 Å². The van der Waals surface area contributed by atoms with Gasteiger partial charge in [0, 0.05) is 18.0 Å². The van der Waals surface area contributed by atoms with Gasteiger partial charge in [-0.15, -0.1) is 11.3 Å². The lowest BCUT2D eigenvalue weighted by atomic mass is 10.3. The first-order valence-corrected chi connectivity index (χ1v) is 13.3. The fourth-order valence-corrected chi connectivity index (χ4v) is 7.14. The van der Waals surface area contributed by atoms with Gasteiger partial charge >= 0.3 is 0 Å². The minimum Gasteiger partial charge on any atom is -0.334 e. The first-order chi connectivity index (χ1) is 15.6. The highest BCUT2D eigenvalue weighted by Gasteiger charge is 2.39. The first-order valence-electron chi connectivity index (χ1n) is 10.8. The number of amides is 1. The van der Waals surface area contributed by atoms with E-state index in [0.717, 1.165) is 55.4 Å². The molecular weight excluding hydrogens is 456 g/mol. The van der Waals surface area contributed by atoms with Crippen molar-refractivity contribution in [2.24, 2.45) is 4.99 Å². The van der Waals surface area contributed by atoms with Crippen LogP contribution in [0.25, 0.3) is 10.2 Å². The topological polar surface area (TPSA) is 48.8 Å². The Balaban J connectivity index is 1.55. The number of anilines is 1. The number of hydrogen-bond donors (Lipinski definition) is 0. The molecule has 2 aliphatic heterocycles. The second-order valence-electron chi connectivity index (χ2n) is 7.64. The molecule has 164 valence electrons. The van der Waals surface area contributed by atoms with Crippen LogP contribution in [-0.2, 0) is 4.79 Å². The normalized spacial score (nSPS) is 19.6. The van der Waals surface area contributed by atoms with Crippen molar-refractivity contribution < 1.29 is 4.79 Å². The van der Waals surface area contributed by atoms with Crippen molar-refractivity contribution in [3.05, 3.63) is 57.4 Å². The summed E-state index contributed by atoms with van der Waals surface area (Å²) in [5.74, 6) is 0.0608. The Morgan fingerprint density at radius 3 is 2.72 bits per heavy atom. The lowest BCUT2D eigenvalue weighted by Gasteiger charge is -2.19. The third kappa shape index (κ3) is 3.84. The Morgan fingerprint density at radius 2 is 1.91 bits per heavy atom. The number of benzene rings is 2. The third-order valence-corrected chi connectivity index (χ3v) is 8.73. The zero-order valence-electron chi connectivity index (χ0n) is 18.3. The van der Waals surface area contributed by atoms with Gasteiger partial charge in [0.15, 0.2) is 5.17 Å². The molecule has 0 spiro atoms. The van der Waals surface area contributed by atoms with Gasteiger partial charge in [-0.1, -0.05) is 37.2 Å². The summed E-state index contributed by atoms with van der Waals surface area (Å²) in [6, 6.07) is 14.4. The van der Waals surface area contributed by atoms with Crippen LogP contribution in [0.5, 0.6) is 0 Å². The van der Waals surface area contributed by atoms with Gasteiger partial charge in [-0.2, -0.15) is 0 Å². The summed E-state index contributed by atoms with van der Waals surface area (Å²) < 4.78 is 1.12. The van der Waals surface area contributed by atoms with Crippen LogP contribution < -0.4 is 4.90 Å². The standard InChI is InChI=1S/C24H24N4OS3/c1-4-6-13-28-22(29)21(23-27(5-2)18-9-7-8-10-19(18)31-23)32-24(28)26-16-11-12-17-20(14-16)30-15(3)25-17/h7-12,14H,4-6,13H2,1-3H3/b23-21-,26-24?. The van der Waals surface area contributed by atoms with Crippen molar-refractivity contribution >= 4 is 67.5 Å². The molecule has 3 aromatic rings. The highest BCUT2D eigenvalue weighted by molar-refractivity contribution is 8.19. The van der Waals surface area contributed by atoms with E-state index in [1.54, 1.807) is 23.1 Å². The molecule has 2 aliphatic rings. The van der Waals surface area contributed by atoms with Crippen LogP contribution in [0.15, 0.2) is 62.3 Å². The molecule has 0 unspecified atom stereocenters. The summed E-state index contributed by atoms with van der Waals surface area (Å²) in [7, 11) is 0. The van der Waals surface area contributed by atoms with Crippen LogP contribution in [0.3, 0.4) is 0 Å². The smallest absolute Gasteiger partial charge is 0.269 e. The minimum absolute atomic E-state index is 0.0608. The fraction of sp³-hybridized carbons (Fsp3) is 0.292. The Labute approximate surface area is 200 Å². The Hall–Kier alpha value is -2.29. The second kappa shape index (κ2) is 8.92. The molecule has 5 rings (SSSR count). The number of rotatable bonds is 5. The SMILES string of the molecule is CCCCN1C(=O)/C(=C2/Sc3ccccc3N2CC)SC1=Nc1ccc2nc(C)sc2c1. The van der Waals surface area contributed by atoms with Gasteiger partial charge in [0.25, 0.3) is 5.91 Å². The summed E-state index contributed by atoms with van der Waals surface area (Å²) in [6.07, 6.45) is 1.98. The van der Waals surface area contributed by atoms with E-state index >= 15 is 0 Å². The molecule has 5 nitrogen and oxygen atoms in total. The average Bonchev–Trinajstić information content (AvgIpc) is 3.44. The van der Waals surface area contributed by atoms with Crippen molar-refractivity contribution in [2.45, 2.75) is 38.5 Å². The lowest BCUT2D eigenvalue weighted by Crippen LogP contribution is -2.30. The fourth-order valence-electron chi connectivity index (χ4n) is 3.86. The summed E-state index contributed by atoms with van der Waals surface area (Å²) in [5.41, 5.74) is 3.03. The van der Waals surface area contributed by atoms with Crippen molar-refractivity contribution in [1.82, 2.24) is 9.88 Å². The molecule has 0 saturated carbocycles. The molecule has 0 N–H and O–H groups in total. The number of thiazole rings is 1. The molecule has 0 aliphatic carbocycles. The van der Waals surface area contributed by atoms with Crippen LogP contribution >= 0.6 is 34.9 Å². The van der Waals surface area contributed by atoms with E-state index in [1.807, 2.05) is 24.0 Å². The molecule has 3 heterocycles. The van der Waals surface area contributed by atoms with Gasteiger partial charge in [-0.3, -0.25) is 9.69 Å². The van der Waals surface area contributed by atoms with E-state index in [9.17, 15) is 4.79 Å². The van der Waals surface area contributed by atoms with E-state index in [4.69, 9.17) is 4.99 Å². The molecule has 1 amide bonds. The van der Waals surface area contributed by atoms with Crippen LogP contribution in [0.1, 0.15) is 31.7 Å². The number of unbranched alkanes of at least 4 members (excludes halogenated alkanes) is 1. The van der Waals surface area contributed by atoms with Gasteiger partial charge < -0.3 is 4.90 Å². The number of aliphatic imine (C=N–C) groups is 1. The summed E-state index contributed by atoms with van der Waals surface area (Å²) >= 11 is 4.85. The number of fused-ring (bicyclic) bond motifs is 2. The van der Waals surface area contributed by atoms with E-state index < -0.39 is 0 Å². The van der Waals surface area contributed by atoms with Crippen molar-refractivity contribution in [1.29, 1.82) is 0 Å². The minimum atomic E-state index is 0.0608. The molecule has 1 aromatic heterocycles. The maximum atomic E-state index is 13.5. The van der Waals surface area contributed by atoms with Gasteiger partial charge in [0.2, 0.25) is 0 Å². The Morgan fingerprint density at radius 1 is 1.06 bits per heavy atom. The Bertz CT molecular complexity index is 1260. The average molecular weight is 481 g/mol. The van der Waals surface area contributed by atoms with E-state index in [-0.39, 0.29) is 5.91 Å². The second-order valence-corrected chi connectivity index (χ2v) is 10.9. The van der Waals surface area contributed by atoms with Crippen molar-refractivity contribution in [3.63, 3.8) is 0 Å². The number of amidine groups is 1. The number of thioether (sulfide) groups is 2. The molecule has 1 saturated heterocycles. The summed E-state index contributed by atoms with van der Waals surface area (Å²) in [5, 5.41) is 2.83. The van der Waals surface area contributed by atoms with Gasteiger partial charge in [0.1, 0.15) is 9.93 Å². The molecule has 0 radical (unpaired) electrons. The third-order valence-electron chi connectivity index (χ3n) is 5.42. The molecular formula is C24H24N4OS3. The highest BCUT2D eigenvalue weighted by atomic mass is 32.2. The number of aryl methyl sites for hydroxylation is 1. The molecule has 8 heteroatoms. The van der Waals surface area contributed by atoms with Crippen molar-refractivity contribution in [3.8, 4) is 0 Å². The number of para-hydroxylation sites is 1. The van der Waals surface area contributed by atoms with Gasteiger partial charge in [-0.25, -0.2) is 9.98 Å². The predicted octanol–water partition coefficient (Wildman–Crippen LogP) is 6.77. The van der Waals surface area contributed by atoms with Gasteiger partial charge in [0.05, 0.1) is 26.6 Å². The Kier molecular flexibility index (Phi) is 6.01. The molecule has 0 atom stereocenters. The van der Waals surface area contributed by atoms with Gasteiger partial charge in [-0.05, 0) is 62.4 Å². The number of carbonyl (C=O) groups is 1. The quantitative estimate of drug-likeness (QED) is 0.377. The van der Waals surface area contributed by atoms with Crippen molar-refractivity contribution in [2.75, 3.05) is 18.0 Å². The summed E-state index contributed by atoms with van der Waals surface area (Å²) in [4.78, 5) is 29.1. The maximum Gasteiger partial charge on any atom is 0.269 e. The highest BCUT2D eigenvalue weighted by Crippen LogP contribution is 2.50. The van der Waals surface area contributed by atoms with Crippen LogP contribution in [-0.4, -0.2) is 34.0 Å². The molecule has 1 fully saturated rings. The van der Waals surface area contributed by atoms with E-state index in [0.29, 0.717) is 6.54 Å². The number of aromatic nitrogens is 1. The predicted molar refractivity (Wildman–Crippen MR) is 138 cm³/mol. The first kappa shape index (κ1) is 21.6. The molecule has 32 heavy (non-hydrogen) atoms. The molecule has 2 aromatic carbocycles. The lowest BCUT2D eigenvalue weighted by molar-refractivity contribution is -0.122. The maximum absolute atomic E-state index is 13.5. The monoisotopic (exact) mass is 480 g/mol. The van der Waals surface area contributed by atoms with Crippen LogP contribution in [0.2, 0.25) is 0 Å². The largest absolute Gasteiger partial charge is 0.334 e. The number of nitrogens with zero attached hydrogens (tertiary/aromatic N) is 4. The van der Waals surface area contributed by atoms with Crippen LogP contribution in [0.4, 0.5) is 11.4 Å². The van der Waals surface area contributed by atoms with Crippen LogP contribution in [0, 0.1) is 6.92 Å². The zero-order chi connectivity index (χ0) is 22.2. The number of carbonyl (C=O) groups excluding carboxylic acids is 1.